The van der Waals surface area contributed by atoms with E-state index in [2.05, 4.69) is 15.3 Å². The Morgan fingerprint density at radius 1 is 1.06 bits per heavy atom. The van der Waals surface area contributed by atoms with Crippen molar-refractivity contribution in [1.82, 2.24) is 15.3 Å². The zero-order valence-electron chi connectivity index (χ0n) is 10.4. The van der Waals surface area contributed by atoms with Crippen LogP contribution in [0.25, 0.3) is 0 Å². The van der Waals surface area contributed by atoms with Crippen molar-refractivity contribution < 1.29 is 5.11 Å². The molecule has 0 bridgehead atoms. The minimum absolute atomic E-state index is 0.0912. The van der Waals surface area contributed by atoms with Gasteiger partial charge in [0, 0.05) is 19.3 Å². The van der Waals surface area contributed by atoms with Crippen LogP contribution < -0.4 is 5.32 Å². The third-order valence-electron chi connectivity index (χ3n) is 2.67. The van der Waals surface area contributed by atoms with Crippen LogP contribution in [0.5, 0.6) is 0 Å². The average Bonchev–Trinajstić information content (AvgIpc) is 2.40. The van der Waals surface area contributed by atoms with Gasteiger partial charge < -0.3 is 10.4 Å². The quantitative estimate of drug-likeness (QED) is 0.837. The van der Waals surface area contributed by atoms with E-state index in [1.54, 1.807) is 6.20 Å². The van der Waals surface area contributed by atoms with E-state index >= 15 is 0 Å². The van der Waals surface area contributed by atoms with Gasteiger partial charge in [0.2, 0.25) is 0 Å². The Morgan fingerprint density at radius 3 is 2.44 bits per heavy atom. The molecule has 2 N–H and O–H groups in total. The SMILES string of the molecule is Cc1nccc(CNCc2ccc(CO)cc2)n1. The van der Waals surface area contributed by atoms with Gasteiger partial charge in [-0.15, -0.1) is 0 Å². The second kappa shape index (κ2) is 6.23. The first kappa shape index (κ1) is 12.7. The van der Waals surface area contributed by atoms with Gasteiger partial charge in [-0.1, -0.05) is 24.3 Å². The Bertz CT molecular complexity index is 497. The lowest BCUT2D eigenvalue weighted by Gasteiger charge is -2.05. The van der Waals surface area contributed by atoms with E-state index in [4.69, 9.17) is 5.11 Å². The maximum absolute atomic E-state index is 8.95. The molecular formula is C14H17N3O. The van der Waals surface area contributed by atoms with Gasteiger partial charge in [0.05, 0.1) is 12.3 Å². The van der Waals surface area contributed by atoms with E-state index in [0.717, 1.165) is 30.2 Å². The summed E-state index contributed by atoms with van der Waals surface area (Å²) in [4.78, 5) is 8.39. The van der Waals surface area contributed by atoms with E-state index in [9.17, 15) is 0 Å². The monoisotopic (exact) mass is 243 g/mol. The van der Waals surface area contributed by atoms with E-state index in [1.807, 2.05) is 37.3 Å². The Labute approximate surface area is 107 Å². The first-order valence-corrected chi connectivity index (χ1v) is 5.96. The Morgan fingerprint density at radius 2 is 1.78 bits per heavy atom. The van der Waals surface area contributed by atoms with E-state index in [0.29, 0.717) is 0 Å². The molecule has 4 nitrogen and oxygen atoms in total. The molecule has 1 aromatic heterocycles. The van der Waals surface area contributed by atoms with Crippen molar-refractivity contribution in [3.8, 4) is 0 Å². The summed E-state index contributed by atoms with van der Waals surface area (Å²) in [6.45, 7) is 3.49. The van der Waals surface area contributed by atoms with Crippen LogP contribution in [-0.2, 0) is 19.7 Å². The van der Waals surface area contributed by atoms with Gasteiger partial charge in [-0.2, -0.15) is 0 Å². The molecule has 1 heterocycles. The van der Waals surface area contributed by atoms with Crippen LogP contribution in [-0.4, -0.2) is 15.1 Å². The smallest absolute Gasteiger partial charge is 0.125 e. The van der Waals surface area contributed by atoms with Gasteiger partial charge in [-0.3, -0.25) is 0 Å². The zero-order chi connectivity index (χ0) is 12.8. The van der Waals surface area contributed by atoms with Crippen molar-refractivity contribution >= 4 is 0 Å². The number of benzene rings is 1. The van der Waals surface area contributed by atoms with Crippen molar-refractivity contribution in [3.05, 3.63) is 59.2 Å². The van der Waals surface area contributed by atoms with Crippen LogP contribution in [0.2, 0.25) is 0 Å². The third-order valence-corrected chi connectivity index (χ3v) is 2.67. The Kier molecular flexibility index (Phi) is 4.39. The molecule has 0 spiro atoms. The van der Waals surface area contributed by atoms with Crippen LogP contribution in [0.3, 0.4) is 0 Å². The molecule has 0 saturated heterocycles. The predicted molar refractivity (Wildman–Crippen MR) is 69.7 cm³/mol. The lowest BCUT2D eigenvalue weighted by atomic mass is 10.1. The molecule has 2 aromatic rings. The largest absolute Gasteiger partial charge is 0.392 e. The number of nitrogens with zero attached hydrogens (tertiary/aromatic N) is 2. The topological polar surface area (TPSA) is 58.0 Å². The highest BCUT2D eigenvalue weighted by Crippen LogP contribution is 2.04. The van der Waals surface area contributed by atoms with Gasteiger partial charge in [0.15, 0.2) is 0 Å². The Balaban J connectivity index is 1.84. The van der Waals surface area contributed by atoms with Crippen LogP contribution in [0, 0.1) is 6.92 Å². The van der Waals surface area contributed by atoms with Crippen molar-refractivity contribution in [3.63, 3.8) is 0 Å². The summed E-state index contributed by atoms with van der Waals surface area (Å²) in [5.74, 6) is 0.793. The molecule has 94 valence electrons. The predicted octanol–water partition coefficient (Wildman–Crippen LogP) is 1.57. The molecule has 0 atom stereocenters. The van der Waals surface area contributed by atoms with Crippen LogP contribution in [0.1, 0.15) is 22.6 Å². The summed E-state index contributed by atoms with van der Waals surface area (Å²) in [5, 5.41) is 12.3. The van der Waals surface area contributed by atoms with Crippen molar-refractivity contribution in [2.24, 2.45) is 0 Å². The van der Waals surface area contributed by atoms with Gasteiger partial charge in [-0.25, -0.2) is 9.97 Å². The molecule has 0 amide bonds. The van der Waals surface area contributed by atoms with E-state index in [1.165, 1.54) is 5.56 Å². The molecule has 0 aliphatic heterocycles. The summed E-state index contributed by atoms with van der Waals surface area (Å²) in [5.41, 5.74) is 3.12. The standard InChI is InChI=1S/C14H17N3O/c1-11-16-7-6-14(17-11)9-15-8-12-2-4-13(10-18)5-3-12/h2-7,15,18H,8-10H2,1H3. The molecule has 18 heavy (non-hydrogen) atoms. The fourth-order valence-electron chi connectivity index (χ4n) is 1.70. The maximum Gasteiger partial charge on any atom is 0.125 e. The lowest BCUT2D eigenvalue weighted by Crippen LogP contribution is -2.14. The van der Waals surface area contributed by atoms with Gasteiger partial charge in [-0.05, 0) is 24.1 Å². The van der Waals surface area contributed by atoms with Gasteiger partial charge in [0.25, 0.3) is 0 Å². The molecule has 0 aliphatic rings. The Hall–Kier alpha value is -1.78. The fourth-order valence-corrected chi connectivity index (χ4v) is 1.70. The third kappa shape index (κ3) is 3.61. The summed E-state index contributed by atoms with van der Waals surface area (Å²) >= 11 is 0. The highest BCUT2D eigenvalue weighted by molar-refractivity contribution is 5.21. The number of aryl methyl sites for hydroxylation is 1. The number of hydrogen-bond donors (Lipinski definition) is 2. The number of aliphatic hydroxyl groups excluding tert-OH is 1. The summed E-state index contributed by atoms with van der Waals surface area (Å²) < 4.78 is 0. The second-order valence-electron chi connectivity index (χ2n) is 4.17. The minimum atomic E-state index is 0.0912. The molecule has 0 saturated carbocycles. The number of nitrogens with one attached hydrogen (secondary N) is 1. The molecule has 0 unspecified atom stereocenters. The van der Waals surface area contributed by atoms with E-state index in [-0.39, 0.29) is 6.61 Å². The van der Waals surface area contributed by atoms with Crippen molar-refractivity contribution in [2.45, 2.75) is 26.6 Å². The fraction of sp³-hybridized carbons (Fsp3) is 0.286. The van der Waals surface area contributed by atoms with Crippen molar-refractivity contribution in [1.29, 1.82) is 0 Å². The number of aromatic nitrogens is 2. The van der Waals surface area contributed by atoms with E-state index < -0.39 is 0 Å². The van der Waals surface area contributed by atoms with Crippen LogP contribution in [0.4, 0.5) is 0 Å². The second-order valence-corrected chi connectivity index (χ2v) is 4.17. The molecule has 0 aliphatic carbocycles. The molecule has 1 aromatic carbocycles. The normalized spacial score (nSPS) is 10.6. The number of aliphatic hydroxyl groups is 1. The minimum Gasteiger partial charge on any atom is -0.392 e. The number of rotatable bonds is 5. The summed E-state index contributed by atoms with van der Waals surface area (Å²) in [7, 11) is 0. The molecule has 4 heteroatoms. The first-order chi connectivity index (χ1) is 8.78. The molecular weight excluding hydrogens is 226 g/mol. The first-order valence-electron chi connectivity index (χ1n) is 5.96. The molecule has 0 radical (unpaired) electrons. The average molecular weight is 243 g/mol. The van der Waals surface area contributed by atoms with Gasteiger partial charge in [0.1, 0.15) is 5.82 Å². The highest BCUT2D eigenvalue weighted by Gasteiger charge is 1.97. The summed E-state index contributed by atoms with van der Waals surface area (Å²) in [6.07, 6.45) is 1.77. The lowest BCUT2D eigenvalue weighted by molar-refractivity contribution is 0.282. The van der Waals surface area contributed by atoms with Crippen molar-refractivity contribution in [2.75, 3.05) is 0 Å². The molecule has 0 fully saturated rings. The molecule has 2 rings (SSSR count). The highest BCUT2D eigenvalue weighted by atomic mass is 16.3. The summed E-state index contributed by atoms with van der Waals surface area (Å²) in [6, 6.07) is 9.82. The maximum atomic E-state index is 8.95. The van der Waals surface area contributed by atoms with Gasteiger partial charge >= 0.3 is 0 Å². The van der Waals surface area contributed by atoms with Crippen LogP contribution >= 0.6 is 0 Å². The number of hydrogen-bond acceptors (Lipinski definition) is 4. The zero-order valence-corrected chi connectivity index (χ0v) is 10.4. The van der Waals surface area contributed by atoms with Crippen LogP contribution in [0.15, 0.2) is 36.5 Å².